The first-order chi connectivity index (χ1) is 17.4. The second kappa shape index (κ2) is 11.2. The van der Waals surface area contributed by atoms with Crippen molar-refractivity contribution in [2.24, 2.45) is 5.92 Å². The van der Waals surface area contributed by atoms with Crippen LogP contribution >= 0.6 is 15.9 Å². The molecule has 0 radical (unpaired) electrons. The molecule has 1 aliphatic heterocycles. The van der Waals surface area contributed by atoms with Gasteiger partial charge in [-0.15, -0.1) is 0 Å². The number of nitrogens with two attached hydrogens (primary N) is 1. The molecule has 0 bridgehead atoms. The lowest BCUT2D eigenvalue weighted by molar-refractivity contribution is -0.117. The van der Waals surface area contributed by atoms with Crippen LogP contribution in [-0.4, -0.2) is 17.4 Å². The fraction of sp³-hybridized carbons (Fsp3) is 0.393. The summed E-state index contributed by atoms with van der Waals surface area (Å²) < 4.78 is 12.7. The fourth-order valence-corrected chi connectivity index (χ4v) is 5.67. The Morgan fingerprint density at radius 3 is 2.78 bits per heavy atom. The first kappa shape index (κ1) is 25.8. The highest BCUT2D eigenvalue weighted by Gasteiger charge is 2.39. The number of benzene rings is 1. The molecule has 3 N–H and O–H groups in total. The molecule has 188 valence electrons. The number of halogens is 1. The van der Waals surface area contributed by atoms with Crippen LogP contribution in [0.15, 0.2) is 57.5 Å². The van der Waals surface area contributed by atoms with E-state index in [1.165, 1.54) is 0 Å². The average molecular weight is 551 g/mol. The summed E-state index contributed by atoms with van der Waals surface area (Å²) in [6.07, 6.45) is 5.01. The molecule has 1 aromatic heterocycles. The van der Waals surface area contributed by atoms with Crippen LogP contribution in [0, 0.1) is 17.2 Å². The number of Topliss-reactive ketones (excluding diaryl/α,β-unsaturated/α-hetero) is 1. The standard InChI is InChI=1S/C28H31BrN4O3/c1-4-7-17-10-22-26(23(34)11-17)25(20(14-30)16(3)33-22)19-12-21(29)27(24(13-19)35-5-2)36-15-18-8-6-9-32-28(18)31/h6,8-9,12-13,17,25,33H,4-5,7,10-11,15H2,1-3H3,(H2,31,32). The zero-order valence-corrected chi connectivity index (χ0v) is 22.4. The minimum absolute atomic E-state index is 0.105. The number of carbonyl (C=O) groups excluding carboxylic acids is 1. The third-order valence-corrected chi connectivity index (χ3v) is 7.28. The number of nitrogens with one attached hydrogen (secondary N) is 1. The van der Waals surface area contributed by atoms with Gasteiger partial charge in [-0.3, -0.25) is 4.79 Å². The Bertz CT molecular complexity index is 1280. The third-order valence-electron chi connectivity index (χ3n) is 6.69. The molecular formula is C28H31BrN4O3. The van der Waals surface area contributed by atoms with Gasteiger partial charge in [0.2, 0.25) is 0 Å². The molecule has 2 unspecified atom stereocenters. The summed E-state index contributed by atoms with van der Waals surface area (Å²) in [4.78, 5) is 17.5. The number of hydrogen-bond donors (Lipinski definition) is 2. The van der Waals surface area contributed by atoms with E-state index in [9.17, 15) is 10.1 Å². The van der Waals surface area contributed by atoms with E-state index in [-0.39, 0.29) is 12.4 Å². The van der Waals surface area contributed by atoms with Crippen molar-refractivity contribution in [2.45, 2.75) is 59.0 Å². The maximum absolute atomic E-state index is 13.4. The molecule has 2 aromatic rings. The molecule has 0 fully saturated rings. The van der Waals surface area contributed by atoms with Crippen molar-refractivity contribution in [3.8, 4) is 17.6 Å². The zero-order valence-electron chi connectivity index (χ0n) is 20.9. The van der Waals surface area contributed by atoms with E-state index in [4.69, 9.17) is 15.2 Å². The van der Waals surface area contributed by atoms with Gasteiger partial charge in [-0.05, 0) is 72.3 Å². The van der Waals surface area contributed by atoms with Crippen molar-refractivity contribution in [1.29, 1.82) is 5.26 Å². The summed E-state index contributed by atoms with van der Waals surface area (Å²) in [5.41, 5.74) is 10.5. The number of carbonyl (C=O) groups is 1. The lowest BCUT2D eigenvalue weighted by Crippen LogP contribution is -2.34. The summed E-state index contributed by atoms with van der Waals surface area (Å²) in [6, 6.07) is 9.82. The summed E-state index contributed by atoms with van der Waals surface area (Å²) in [7, 11) is 0. The number of hydrogen-bond acceptors (Lipinski definition) is 7. The van der Waals surface area contributed by atoms with E-state index in [0.29, 0.717) is 51.9 Å². The maximum Gasteiger partial charge on any atom is 0.175 e. The number of rotatable bonds is 8. The largest absolute Gasteiger partial charge is 0.490 e. The van der Waals surface area contributed by atoms with E-state index in [1.54, 1.807) is 6.20 Å². The van der Waals surface area contributed by atoms with Crippen molar-refractivity contribution in [2.75, 3.05) is 12.3 Å². The summed E-state index contributed by atoms with van der Waals surface area (Å²) >= 11 is 3.65. The van der Waals surface area contributed by atoms with Gasteiger partial charge in [-0.25, -0.2) is 4.98 Å². The molecule has 0 amide bonds. The number of ether oxygens (including phenoxy) is 2. The molecule has 4 rings (SSSR count). The maximum atomic E-state index is 13.4. The fourth-order valence-electron chi connectivity index (χ4n) is 5.09. The van der Waals surface area contributed by atoms with E-state index in [1.807, 2.05) is 38.1 Å². The van der Waals surface area contributed by atoms with Gasteiger partial charge in [-0.2, -0.15) is 5.26 Å². The highest BCUT2D eigenvalue weighted by atomic mass is 79.9. The Kier molecular flexibility index (Phi) is 8.00. The summed E-state index contributed by atoms with van der Waals surface area (Å²) in [6.45, 7) is 6.60. The third kappa shape index (κ3) is 5.12. The molecule has 1 aromatic carbocycles. The Labute approximate surface area is 220 Å². The number of pyridine rings is 1. The van der Waals surface area contributed by atoms with Gasteiger partial charge >= 0.3 is 0 Å². The van der Waals surface area contributed by atoms with Gasteiger partial charge < -0.3 is 20.5 Å². The number of nitriles is 1. The van der Waals surface area contributed by atoms with Crippen LogP contribution in [0.5, 0.6) is 11.5 Å². The van der Waals surface area contributed by atoms with E-state index in [0.717, 1.165) is 41.8 Å². The highest BCUT2D eigenvalue weighted by molar-refractivity contribution is 9.10. The van der Waals surface area contributed by atoms with Crippen molar-refractivity contribution in [3.63, 3.8) is 0 Å². The van der Waals surface area contributed by atoms with Crippen molar-refractivity contribution in [1.82, 2.24) is 10.3 Å². The lowest BCUT2D eigenvalue weighted by Gasteiger charge is -2.35. The van der Waals surface area contributed by atoms with Crippen LogP contribution < -0.4 is 20.5 Å². The van der Waals surface area contributed by atoms with Crippen molar-refractivity contribution in [3.05, 3.63) is 68.6 Å². The molecule has 0 saturated heterocycles. The van der Waals surface area contributed by atoms with Crippen LogP contribution in [0.2, 0.25) is 0 Å². The number of nitrogen functional groups attached to an aromatic ring is 1. The van der Waals surface area contributed by atoms with Crippen LogP contribution in [-0.2, 0) is 11.4 Å². The number of nitrogens with zero attached hydrogens (tertiary/aromatic N) is 2. The van der Waals surface area contributed by atoms with Crippen LogP contribution in [0.4, 0.5) is 5.82 Å². The van der Waals surface area contributed by atoms with Gasteiger partial charge in [0.15, 0.2) is 17.3 Å². The minimum atomic E-state index is -0.458. The molecule has 0 saturated carbocycles. The second-order valence-corrected chi connectivity index (χ2v) is 10.0. The Balaban J connectivity index is 1.75. The SMILES string of the molecule is CCCC1CC(=O)C2=C(C1)NC(C)=C(C#N)C2c1cc(Br)c(OCc2cccnc2N)c(OCC)c1. The summed E-state index contributed by atoms with van der Waals surface area (Å²) in [5, 5.41) is 13.4. The second-order valence-electron chi connectivity index (χ2n) is 9.19. The Hall–Kier alpha value is -3.31. The molecule has 7 nitrogen and oxygen atoms in total. The number of anilines is 1. The van der Waals surface area contributed by atoms with Crippen LogP contribution in [0.1, 0.15) is 63.5 Å². The van der Waals surface area contributed by atoms with Crippen LogP contribution in [0.25, 0.3) is 0 Å². The molecular weight excluding hydrogens is 520 g/mol. The van der Waals surface area contributed by atoms with E-state index in [2.05, 4.69) is 39.2 Å². The van der Waals surface area contributed by atoms with Crippen LogP contribution in [0.3, 0.4) is 0 Å². The minimum Gasteiger partial charge on any atom is -0.490 e. The molecule has 2 aliphatic rings. The normalized spacial score (nSPS) is 19.5. The molecule has 1 aliphatic carbocycles. The number of ketones is 1. The first-order valence-electron chi connectivity index (χ1n) is 12.3. The molecule has 2 atom stereocenters. The smallest absolute Gasteiger partial charge is 0.175 e. The predicted octanol–water partition coefficient (Wildman–Crippen LogP) is 5.92. The molecule has 8 heteroatoms. The monoisotopic (exact) mass is 550 g/mol. The van der Waals surface area contributed by atoms with E-state index < -0.39 is 5.92 Å². The van der Waals surface area contributed by atoms with E-state index >= 15 is 0 Å². The average Bonchev–Trinajstić information content (AvgIpc) is 2.84. The number of allylic oxidation sites excluding steroid dienone is 4. The first-order valence-corrected chi connectivity index (χ1v) is 13.1. The molecule has 0 spiro atoms. The quantitative estimate of drug-likeness (QED) is 0.419. The van der Waals surface area contributed by atoms with Crippen molar-refractivity contribution >= 4 is 27.5 Å². The number of aromatic nitrogens is 1. The molecule has 2 heterocycles. The predicted molar refractivity (Wildman–Crippen MR) is 142 cm³/mol. The van der Waals surface area contributed by atoms with Gasteiger partial charge in [0.05, 0.1) is 28.6 Å². The van der Waals surface area contributed by atoms with Gasteiger partial charge in [0.25, 0.3) is 0 Å². The van der Waals surface area contributed by atoms with Gasteiger partial charge in [0, 0.05) is 35.1 Å². The van der Waals surface area contributed by atoms with Crippen molar-refractivity contribution < 1.29 is 14.3 Å². The Morgan fingerprint density at radius 2 is 2.08 bits per heavy atom. The topological polar surface area (TPSA) is 110 Å². The van der Waals surface area contributed by atoms with Gasteiger partial charge in [-0.1, -0.05) is 19.4 Å². The summed E-state index contributed by atoms with van der Waals surface area (Å²) in [5.74, 6) is 1.45. The van der Waals surface area contributed by atoms with Gasteiger partial charge in [0.1, 0.15) is 12.4 Å². The highest BCUT2D eigenvalue weighted by Crippen LogP contribution is 2.47. The zero-order chi connectivity index (χ0) is 25.8. The molecule has 36 heavy (non-hydrogen) atoms. The lowest BCUT2D eigenvalue weighted by atomic mass is 9.72. The Morgan fingerprint density at radius 1 is 1.28 bits per heavy atom. The number of dihydropyridines is 1.